The molecule has 1 aliphatic rings. The number of amides is 1. The fourth-order valence-corrected chi connectivity index (χ4v) is 1.87. The van der Waals surface area contributed by atoms with Gasteiger partial charge >= 0.3 is 6.09 Å². The molecule has 0 radical (unpaired) electrons. The molecule has 5 heteroatoms. The summed E-state index contributed by atoms with van der Waals surface area (Å²) in [5.74, 6) is 1.10. The Hall–Kier alpha value is -1.36. The lowest BCUT2D eigenvalue weighted by Crippen LogP contribution is -2.25. The SMILES string of the molecule is CN(S)C(=O)Oc1cccc2c1OC(C)(C)C2. The molecular formula is C12H15NO3S. The molecule has 0 unspecified atom stereocenters. The van der Waals surface area contributed by atoms with Crippen molar-refractivity contribution in [3.05, 3.63) is 23.8 Å². The van der Waals surface area contributed by atoms with E-state index in [-0.39, 0.29) is 5.60 Å². The third-order valence-corrected chi connectivity index (χ3v) is 2.68. The number of rotatable bonds is 1. The van der Waals surface area contributed by atoms with Crippen LogP contribution in [-0.2, 0) is 6.42 Å². The van der Waals surface area contributed by atoms with Crippen molar-refractivity contribution in [2.45, 2.75) is 25.9 Å². The van der Waals surface area contributed by atoms with Crippen molar-refractivity contribution in [1.82, 2.24) is 4.31 Å². The zero-order chi connectivity index (χ0) is 12.6. The Bertz CT molecular complexity index is 457. The van der Waals surface area contributed by atoms with Crippen LogP contribution >= 0.6 is 12.8 Å². The number of fused-ring (bicyclic) bond motifs is 1. The first kappa shape index (κ1) is 12.1. The molecule has 0 fully saturated rings. The molecular weight excluding hydrogens is 238 g/mol. The number of hydrogen-bond acceptors (Lipinski definition) is 4. The zero-order valence-corrected chi connectivity index (χ0v) is 11.0. The minimum atomic E-state index is -0.532. The largest absolute Gasteiger partial charge is 0.483 e. The second-order valence-corrected chi connectivity index (χ2v) is 5.27. The van der Waals surface area contributed by atoms with Crippen LogP contribution < -0.4 is 9.47 Å². The monoisotopic (exact) mass is 253 g/mol. The van der Waals surface area contributed by atoms with Crippen molar-refractivity contribution >= 4 is 18.9 Å². The third kappa shape index (κ3) is 2.49. The van der Waals surface area contributed by atoms with Gasteiger partial charge in [0.1, 0.15) is 5.60 Å². The van der Waals surface area contributed by atoms with E-state index in [1.807, 2.05) is 26.0 Å². The van der Waals surface area contributed by atoms with Crippen molar-refractivity contribution in [2.24, 2.45) is 0 Å². The maximum Gasteiger partial charge on any atom is 0.425 e. The number of carbonyl (C=O) groups excluding carboxylic acids is 1. The van der Waals surface area contributed by atoms with Crippen LogP contribution in [0.5, 0.6) is 11.5 Å². The Morgan fingerprint density at radius 2 is 2.24 bits per heavy atom. The van der Waals surface area contributed by atoms with E-state index in [9.17, 15) is 4.79 Å². The van der Waals surface area contributed by atoms with E-state index >= 15 is 0 Å². The Morgan fingerprint density at radius 3 is 2.88 bits per heavy atom. The van der Waals surface area contributed by atoms with E-state index in [4.69, 9.17) is 9.47 Å². The van der Waals surface area contributed by atoms with E-state index in [0.29, 0.717) is 11.5 Å². The summed E-state index contributed by atoms with van der Waals surface area (Å²) in [6.07, 6.45) is 0.278. The van der Waals surface area contributed by atoms with E-state index in [0.717, 1.165) is 16.3 Å². The van der Waals surface area contributed by atoms with Crippen LogP contribution in [0.2, 0.25) is 0 Å². The molecule has 4 nitrogen and oxygen atoms in total. The molecule has 1 amide bonds. The fourth-order valence-electron chi connectivity index (χ4n) is 1.83. The Labute approximate surface area is 106 Å². The van der Waals surface area contributed by atoms with Crippen molar-refractivity contribution in [3.63, 3.8) is 0 Å². The average molecular weight is 253 g/mol. The van der Waals surface area contributed by atoms with Crippen LogP contribution in [0.1, 0.15) is 19.4 Å². The van der Waals surface area contributed by atoms with Gasteiger partial charge in [-0.25, -0.2) is 4.79 Å². The Balaban J connectivity index is 2.27. The number of nitrogens with zero attached hydrogens (tertiary/aromatic N) is 1. The maximum atomic E-state index is 11.4. The van der Waals surface area contributed by atoms with Crippen molar-refractivity contribution < 1.29 is 14.3 Å². The fraction of sp³-hybridized carbons (Fsp3) is 0.417. The molecule has 17 heavy (non-hydrogen) atoms. The average Bonchev–Trinajstić information content (AvgIpc) is 2.53. The quantitative estimate of drug-likeness (QED) is 0.782. The second-order valence-electron chi connectivity index (χ2n) is 4.67. The zero-order valence-electron chi connectivity index (χ0n) is 10.1. The maximum absolute atomic E-state index is 11.4. The first-order chi connectivity index (χ1) is 7.89. The summed E-state index contributed by atoms with van der Waals surface area (Å²) in [7, 11) is 1.51. The van der Waals surface area contributed by atoms with Crippen molar-refractivity contribution in [1.29, 1.82) is 0 Å². The van der Waals surface area contributed by atoms with E-state index < -0.39 is 6.09 Å². The lowest BCUT2D eigenvalue weighted by molar-refractivity contribution is 0.132. The van der Waals surface area contributed by atoms with E-state index in [1.165, 1.54) is 7.05 Å². The minimum Gasteiger partial charge on any atom is -0.483 e. The number of para-hydroxylation sites is 1. The molecule has 2 rings (SSSR count). The van der Waals surface area contributed by atoms with Crippen LogP contribution in [0.15, 0.2) is 18.2 Å². The first-order valence-corrected chi connectivity index (χ1v) is 5.74. The van der Waals surface area contributed by atoms with Gasteiger partial charge in [0.25, 0.3) is 0 Å². The summed E-state index contributed by atoms with van der Waals surface area (Å²) < 4.78 is 12.1. The summed E-state index contributed by atoms with van der Waals surface area (Å²) in [5, 5.41) is 0. The summed E-state index contributed by atoms with van der Waals surface area (Å²) in [5.41, 5.74) is 0.805. The predicted molar refractivity (Wildman–Crippen MR) is 67.6 cm³/mol. The topological polar surface area (TPSA) is 38.8 Å². The Morgan fingerprint density at radius 1 is 1.53 bits per heavy atom. The number of ether oxygens (including phenoxy) is 2. The van der Waals surface area contributed by atoms with Gasteiger partial charge in [-0.15, -0.1) is 0 Å². The van der Waals surface area contributed by atoms with Crippen molar-refractivity contribution in [3.8, 4) is 11.5 Å². The lowest BCUT2D eigenvalue weighted by atomic mass is 10.0. The van der Waals surface area contributed by atoms with Crippen LogP contribution in [0.4, 0.5) is 4.79 Å². The van der Waals surface area contributed by atoms with Gasteiger partial charge in [-0.05, 0) is 19.9 Å². The van der Waals surface area contributed by atoms with Crippen LogP contribution in [0.25, 0.3) is 0 Å². The van der Waals surface area contributed by atoms with Crippen LogP contribution in [0.3, 0.4) is 0 Å². The molecule has 0 N–H and O–H groups in total. The highest BCUT2D eigenvalue weighted by Gasteiger charge is 2.32. The van der Waals surface area contributed by atoms with E-state index in [2.05, 4.69) is 12.8 Å². The van der Waals surface area contributed by atoms with Crippen LogP contribution in [0, 0.1) is 0 Å². The van der Waals surface area contributed by atoms with Crippen LogP contribution in [-0.4, -0.2) is 23.0 Å². The highest BCUT2D eigenvalue weighted by molar-refractivity contribution is 7.78. The van der Waals surface area contributed by atoms with Crippen molar-refractivity contribution in [2.75, 3.05) is 7.05 Å². The third-order valence-electron chi connectivity index (χ3n) is 2.52. The molecule has 1 heterocycles. The minimum absolute atomic E-state index is 0.252. The first-order valence-electron chi connectivity index (χ1n) is 5.34. The summed E-state index contributed by atoms with van der Waals surface area (Å²) in [6.45, 7) is 4.01. The Kier molecular flexibility index (Phi) is 2.95. The normalized spacial score (nSPS) is 16.0. The predicted octanol–water partition coefficient (Wildman–Crippen LogP) is 2.68. The van der Waals surface area contributed by atoms with E-state index in [1.54, 1.807) is 6.07 Å². The molecule has 0 saturated carbocycles. The van der Waals surface area contributed by atoms with Gasteiger partial charge in [-0.2, -0.15) is 0 Å². The molecule has 0 atom stereocenters. The summed E-state index contributed by atoms with van der Waals surface area (Å²) in [4.78, 5) is 11.4. The highest BCUT2D eigenvalue weighted by atomic mass is 32.1. The van der Waals surface area contributed by atoms with Gasteiger partial charge < -0.3 is 9.47 Å². The molecule has 0 aliphatic carbocycles. The number of thiol groups is 1. The molecule has 0 saturated heterocycles. The lowest BCUT2D eigenvalue weighted by Gasteiger charge is -2.18. The molecule has 1 aromatic carbocycles. The number of benzene rings is 1. The molecule has 1 aliphatic heterocycles. The molecule has 0 aromatic heterocycles. The molecule has 0 spiro atoms. The van der Waals surface area contributed by atoms with Gasteiger partial charge in [0, 0.05) is 19.0 Å². The second kappa shape index (κ2) is 4.14. The number of hydrogen-bond donors (Lipinski definition) is 1. The molecule has 1 aromatic rings. The standard InChI is InChI=1S/C12H15NO3S/c1-12(2)7-8-5-4-6-9(10(8)16-12)15-11(14)13(3)17/h4-6,17H,7H2,1-3H3. The highest BCUT2D eigenvalue weighted by Crippen LogP contribution is 2.41. The summed E-state index contributed by atoms with van der Waals surface area (Å²) in [6, 6.07) is 5.55. The van der Waals surface area contributed by atoms with Gasteiger partial charge in [-0.3, -0.25) is 4.31 Å². The number of carbonyl (C=O) groups is 1. The molecule has 92 valence electrons. The van der Waals surface area contributed by atoms with Gasteiger partial charge in [0.05, 0.1) is 0 Å². The smallest absolute Gasteiger partial charge is 0.425 e. The van der Waals surface area contributed by atoms with Gasteiger partial charge in [0.15, 0.2) is 11.5 Å². The van der Waals surface area contributed by atoms with Gasteiger partial charge in [-0.1, -0.05) is 24.9 Å². The molecule has 0 bridgehead atoms. The summed E-state index contributed by atoms with van der Waals surface area (Å²) >= 11 is 3.88. The van der Waals surface area contributed by atoms with Gasteiger partial charge in [0.2, 0.25) is 0 Å².